The molecular weight excluding hydrogens is 278 g/mol. The molecule has 104 valence electrons. The highest BCUT2D eigenvalue weighted by atomic mass is 35.5. The predicted molar refractivity (Wildman–Crippen MR) is 79.1 cm³/mol. The van der Waals surface area contributed by atoms with Gasteiger partial charge in [-0.3, -0.25) is 10.1 Å². The molecule has 0 radical (unpaired) electrons. The average Bonchev–Trinajstić information content (AvgIpc) is 2.41. The molecule has 1 unspecified atom stereocenters. The van der Waals surface area contributed by atoms with Gasteiger partial charge in [-0.2, -0.15) is 0 Å². The molecule has 0 aliphatic carbocycles. The van der Waals surface area contributed by atoms with Crippen LogP contribution in [0.5, 0.6) is 0 Å². The van der Waals surface area contributed by atoms with Crippen molar-refractivity contribution in [3.8, 4) is 0 Å². The maximum absolute atomic E-state index is 11.0. The zero-order chi connectivity index (χ0) is 14.7. The molecular formula is C14H14ClN3O2. The lowest BCUT2D eigenvalue weighted by Crippen LogP contribution is -2.10. The van der Waals surface area contributed by atoms with Crippen molar-refractivity contribution in [2.24, 2.45) is 0 Å². The molecule has 0 saturated heterocycles. The number of rotatable bonds is 4. The molecule has 6 heteroatoms. The maximum Gasteiger partial charge on any atom is 0.274 e. The van der Waals surface area contributed by atoms with Crippen LogP contribution in [0.3, 0.4) is 0 Å². The highest BCUT2D eigenvalue weighted by molar-refractivity contribution is 6.29. The summed E-state index contributed by atoms with van der Waals surface area (Å²) in [5.41, 5.74) is 2.29. The lowest BCUT2D eigenvalue weighted by Gasteiger charge is -2.17. The lowest BCUT2D eigenvalue weighted by atomic mass is 10.1. The second kappa shape index (κ2) is 5.88. The molecule has 2 rings (SSSR count). The molecule has 0 bridgehead atoms. The van der Waals surface area contributed by atoms with E-state index in [0.29, 0.717) is 10.7 Å². The summed E-state index contributed by atoms with van der Waals surface area (Å²) in [5, 5.41) is 14.7. The Morgan fingerprint density at radius 1 is 1.30 bits per heavy atom. The van der Waals surface area contributed by atoms with Crippen LogP contribution in [0.2, 0.25) is 5.15 Å². The largest absolute Gasteiger partial charge is 0.377 e. The van der Waals surface area contributed by atoms with E-state index < -0.39 is 0 Å². The van der Waals surface area contributed by atoms with Gasteiger partial charge in [-0.1, -0.05) is 29.8 Å². The first kappa shape index (κ1) is 14.3. The van der Waals surface area contributed by atoms with E-state index in [-0.39, 0.29) is 16.7 Å². The van der Waals surface area contributed by atoms with Crippen molar-refractivity contribution in [3.05, 3.63) is 62.9 Å². The third-order valence-corrected chi connectivity index (χ3v) is 3.23. The molecule has 0 aliphatic heterocycles. The van der Waals surface area contributed by atoms with Crippen LogP contribution in [-0.4, -0.2) is 9.91 Å². The minimum Gasteiger partial charge on any atom is -0.377 e. The van der Waals surface area contributed by atoms with E-state index in [4.69, 9.17) is 11.6 Å². The van der Waals surface area contributed by atoms with Crippen LogP contribution in [-0.2, 0) is 0 Å². The number of nitrogens with zero attached hydrogens (tertiary/aromatic N) is 2. The van der Waals surface area contributed by atoms with Crippen LogP contribution in [0.4, 0.5) is 11.4 Å². The topological polar surface area (TPSA) is 68.1 Å². The Bertz CT molecular complexity index is 646. The quantitative estimate of drug-likeness (QED) is 0.522. The van der Waals surface area contributed by atoms with Gasteiger partial charge in [0.2, 0.25) is 0 Å². The smallest absolute Gasteiger partial charge is 0.274 e. The summed E-state index contributed by atoms with van der Waals surface area (Å²) in [7, 11) is 0. The number of aryl methyl sites for hydroxylation is 1. The fraction of sp³-hybridized carbons (Fsp3) is 0.214. The van der Waals surface area contributed by atoms with Crippen molar-refractivity contribution in [3.63, 3.8) is 0 Å². The van der Waals surface area contributed by atoms with E-state index in [1.807, 2.05) is 19.9 Å². The standard InChI is InChI=1S/C14H14ClN3O2/c1-9(11-5-3-4-6-13(11)18(19)20)16-12-7-8-14(15)17-10(12)2/h3-9,16H,1-2H3. The Morgan fingerprint density at radius 2 is 2.00 bits per heavy atom. The summed E-state index contributed by atoms with van der Waals surface area (Å²) in [4.78, 5) is 14.8. The second-order valence-corrected chi connectivity index (χ2v) is 4.84. The highest BCUT2D eigenvalue weighted by Gasteiger charge is 2.18. The van der Waals surface area contributed by atoms with Crippen molar-refractivity contribution in [2.75, 3.05) is 5.32 Å². The van der Waals surface area contributed by atoms with E-state index in [1.165, 1.54) is 6.07 Å². The maximum atomic E-state index is 11.0. The van der Waals surface area contributed by atoms with Crippen molar-refractivity contribution in [1.29, 1.82) is 0 Å². The lowest BCUT2D eigenvalue weighted by molar-refractivity contribution is -0.385. The Balaban J connectivity index is 2.28. The van der Waals surface area contributed by atoms with Crippen LogP contribution in [0.15, 0.2) is 36.4 Å². The highest BCUT2D eigenvalue weighted by Crippen LogP contribution is 2.28. The minimum atomic E-state index is -0.375. The first-order valence-electron chi connectivity index (χ1n) is 6.12. The van der Waals surface area contributed by atoms with Crippen molar-refractivity contribution in [1.82, 2.24) is 4.98 Å². The van der Waals surface area contributed by atoms with Gasteiger partial charge >= 0.3 is 0 Å². The number of pyridine rings is 1. The zero-order valence-corrected chi connectivity index (χ0v) is 11.9. The normalized spacial score (nSPS) is 11.9. The van der Waals surface area contributed by atoms with Crippen LogP contribution in [0, 0.1) is 17.0 Å². The summed E-state index contributed by atoms with van der Waals surface area (Å²) < 4.78 is 0. The van der Waals surface area contributed by atoms with Crippen LogP contribution >= 0.6 is 11.6 Å². The Morgan fingerprint density at radius 3 is 2.65 bits per heavy atom. The first-order valence-corrected chi connectivity index (χ1v) is 6.50. The van der Waals surface area contributed by atoms with Gasteiger partial charge in [0.05, 0.1) is 27.9 Å². The number of hydrogen-bond acceptors (Lipinski definition) is 4. The van der Waals surface area contributed by atoms with E-state index >= 15 is 0 Å². The Hall–Kier alpha value is -2.14. The summed E-state index contributed by atoms with van der Waals surface area (Å²) in [6, 6.07) is 9.98. The number of anilines is 1. The van der Waals surface area contributed by atoms with Gasteiger partial charge in [-0.15, -0.1) is 0 Å². The summed E-state index contributed by atoms with van der Waals surface area (Å²) in [5.74, 6) is 0. The van der Waals surface area contributed by atoms with Gasteiger partial charge in [-0.05, 0) is 26.0 Å². The molecule has 1 aromatic heterocycles. The molecule has 20 heavy (non-hydrogen) atoms. The molecule has 0 saturated carbocycles. The number of benzene rings is 1. The van der Waals surface area contributed by atoms with Gasteiger partial charge in [0.1, 0.15) is 5.15 Å². The van der Waals surface area contributed by atoms with E-state index in [9.17, 15) is 10.1 Å². The van der Waals surface area contributed by atoms with Gasteiger partial charge in [0.15, 0.2) is 0 Å². The van der Waals surface area contributed by atoms with Crippen molar-refractivity contribution >= 4 is 23.0 Å². The Labute approximate surface area is 121 Å². The molecule has 1 N–H and O–H groups in total. The predicted octanol–water partition coefficient (Wildman–Crippen LogP) is 4.12. The second-order valence-electron chi connectivity index (χ2n) is 4.45. The van der Waals surface area contributed by atoms with Crippen LogP contribution < -0.4 is 5.32 Å². The fourth-order valence-corrected chi connectivity index (χ4v) is 2.20. The number of hydrogen-bond donors (Lipinski definition) is 1. The summed E-state index contributed by atoms with van der Waals surface area (Å²) >= 11 is 5.81. The number of aromatic nitrogens is 1. The number of nitro groups is 1. The molecule has 5 nitrogen and oxygen atoms in total. The van der Waals surface area contributed by atoms with Gasteiger partial charge in [-0.25, -0.2) is 4.98 Å². The van der Waals surface area contributed by atoms with Crippen LogP contribution in [0.1, 0.15) is 24.2 Å². The number of nitrogens with one attached hydrogen (secondary N) is 1. The number of nitro benzene ring substituents is 1. The molecule has 0 amide bonds. The average molecular weight is 292 g/mol. The molecule has 1 atom stereocenters. The minimum absolute atomic E-state index is 0.104. The number of halogens is 1. The first-order chi connectivity index (χ1) is 9.49. The van der Waals surface area contributed by atoms with E-state index in [1.54, 1.807) is 24.3 Å². The number of para-hydroxylation sites is 1. The molecule has 1 heterocycles. The Kier molecular flexibility index (Phi) is 4.20. The third-order valence-electron chi connectivity index (χ3n) is 3.02. The monoisotopic (exact) mass is 291 g/mol. The van der Waals surface area contributed by atoms with Gasteiger partial charge in [0, 0.05) is 6.07 Å². The van der Waals surface area contributed by atoms with Crippen LogP contribution in [0.25, 0.3) is 0 Å². The molecule has 0 fully saturated rings. The van der Waals surface area contributed by atoms with Gasteiger partial charge in [0.25, 0.3) is 5.69 Å². The van der Waals surface area contributed by atoms with Crippen molar-refractivity contribution < 1.29 is 4.92 Å². The van der Waals surface area contributed by atoms with Crippen molar-refractivity contribution in [2.45, 2.75) is 19.9 Å². The fourth-order valence-electron chi connectivity index (χ4n) is 2.01. The van der Waals surface area contributed by atoms with Gasteiger partial charge < -0.3 is 5.32 Å². The summed E-state index contributed by atoms with van der Waals surface area (Å²) in [6.07, 6.45) is 0. The van der Waals surface area contributed by atoms with E-state index in [0.717, 1.165) is 11.4 Å². The summed E-state index contributed by atoms with van der Waals surface area (Å²) in [6.45, 7) is 3.71. The molecule has 2 aromatic rings. The van der Waals surface area contributed by atoms with E-state index in [2.05, 4.69) is 10.3 Å². The molecule has 1 aromatic carbocycles. The molecule has 0 spiro atoms. The third kappa shape index (κ3) is 3.05. The molecule has 0 aliphatic rings. The SMILES string of the molecule is Cc1nc(Cl)ccc1NC(C)c1ccccc1[N+](=O)[O-]. The zero-order valence-electron chi connectivity index (χ0n) is 11.1.